The summed E-state index contributed by atoms with van der Waals surface area (Å²) in [6, 6.07) is 15.2. The largest absolute Gasteiger partial charge is 0.492 e. The molecule has 6 nitrogen and oxygen atoms in total. The quantitative estimate of drug-likeness (QED) is 0.185. The Morgan fingerprint density at radius 2 is 1.58 bits per heavy atom. The van der Waals surface area contributed by atoms with E-state index in [0.717, 1.165) is 49.0 Å². The molecule has 2 aliphatic rings. The number of hydrogen-bond donors (Lipinski definition) is 2. The number of aliphatic carboxylic acids is 1. The minimum atomic E-state index is -4.32. The standard InChI is InChI=1S/C30H29F5N2O4.2ClH/c31-21-7-10-25(32)26(14-21)41-27(29(38)39)13-18-3-8-22(9-4-18)40-12-11-36-28-23-16-37(17-24(23)28)15-19-1-5-20(6-2-19)30(33,34)35;;/h1-10,14,23-24,27-28,36H,11-13,15-17H2,(H,38,39);2*1H/t23-,24+,27-,28?;;/m0../s1. The second-order valence-corrected chi connectivity index (χ2v) is 10.4. The first kappa shape index (κ1) is 34.4. The average molecular weight is 649 g/mol. The molecule has 234 valence electrons. The topological polar surface area (TPSA) is 71.0 Å². The van der Waals surface area contributed by atoms with Gasteiger partial charge in [-0.05, 0) is 59.4 Å². The zero-order chi connectivity index (χ0) is 29.1. The Labute approximate surface area is 258 Å². The monoisotopic (exact) mass is 648 g/mol. The number of ether oxygens (including phenoxy) is 2. The van der Waals surface area contributed by atoms with Crippen LogP contribution in [0.15, 0.2) is 66.7 Å². The normalized spacial score (nSPS) is 19.9. The minimum Gasteiger partial charge on any atom is -0.492 e. The van der Waals surface area contributed by atoms with Crippen LogP contribution in [-0.4, -0.2) is 54.4 Å². The molecule has 4 atom stereocenters. The molecule has 3 aromatic carbocycles. The molecule has 13 heteroatoms. The zero-order valence-electron chi connectivity index (χ0n) is 22.7. The predicted octanol–water partition coefficient (Wildman–Crippen LogP) is 6.00. The van der Waals surface area contributed by atoms with Crippen LogP contribution in [0.25, 0.3) is 0 Å². The van der Waals surface area contributed by atoms with E-state index in [1.54, 1.807) is 36.4 Å². The summed E-state index contributed by atoms with van der Waals surface area (Å²) in [5.74, 6) is -1.68. The summed E-state index contributed by atoms with van der Waals surface area (Å²) < 4.78 is 76.5. The lowest BCUT2D eigenvalue weighted by molar-refractivity contribution is -0.145. The van der Waals surface area contributed by atoms with Gasteiger partial charge in [0.1, 0.15) is 18.2 Å². The van der Waals surface area contributed by atoms with Gasteiger partial charge in [-0.15, -0.1) is 24.8 Å². The third-order valence-corrected chi connectivity index (χ3v) is 7.49. The molecule has 1 aliphatic carbocycles. The maximum absolute atomic E-state index is 13.9. The third kappa shape index (κ3) is 8.95. The lowest BCUT2D eigenvalue weighted by Gasteiger charge is -2.20. The fraction of sp³-hybridized carbons (Fsp3) is 0.367. The Morgan fingerprint density at radius 3 is 2.19 bits per heavy atom. The molecule has 1 saturated heterocycles. The second-order valence-electron chi connectivity index (χ2n) is 10.4. The van der Waals surface area contributed by atoms with Gasteiger partial charge < -0.3 is 19.9 Å². The first-order chi connectivity index (χ1) is 19.6. The number of nitrogens with zero attached hydrogens (tertiary/aromatic N) is 1. The number of carboxylic acid groups (broad SMARTS) is 1. The van der Waals surface area contributed by atoms with Crippen LogP contribution in [0.4, 0.5) is 22.0 Å². The van der Waals surface area contributed by atoms with E-state index in [2.05, 4.69) is 10.2 Å². The number of likely N-dealkylation sites (tertiary alicyclic amines) is 1. The molecular weight excluding hydrogens is 618 g/mol. The summed E-state index contributed by atoms with van der Waals surface area (Å²) in [5.41, 5.74) is 0.867. The molecule has 0 bridgehead atoms. The Hall–Kier alpha value is -3.12. The highest BCUT2D eigenvalue weighted by Gasteiger charge is 2.55. The number of carbonyl (C=O) groups is 1. The molecule has 0 amide bonds. The van der Waals surface area contributed by atoms with E-state index in [-0.39, 0.29) is 31.2 Å². The smallest absolute Gasteiger partial charge is 0.416 e. The number of halogens is 7. The van der Waals surface area contributed by atoms with Crippen LogP contribution >= 0.6 is 24.8 Å². The summed E-state index contributed by atoms with van der Waals surface area (Å²) in [6.45, 7) is 3.52. The predicted molar refractivity (Wildman–Crippen MR) is 154 cm³/mol. The van der Waals surface area contributed by atoms with Gasteiger partial charge in [0, 0.05) is 44.7 Å². The Kier molecular flexibility index (Phi) is 11.6. The van der Waals surface area contributed by atoms with E-state index in [9.17, 15) is 31.9 Å². The number of nitrogens with one attached hydrogen (secondary N) is 1. The van der Waals surface area contributed by atoms with E-state index in [1.807, 2.05) is 0 Å². The molecule has 0 spiro atoms. The van der Waals surface area contributed by atoms with Crippen molar-refractivity contribution in [1.82, 2.24) is 10.2 Å². The average Bonchev–Trinajstić information content (AvgIpc) is 3.38. The van der Waals surface area contributed by atoms with Crippen molar-refractivity contribution < 1.29 is 41.3 Å². The van der Waals surface area contributed by atoms with Crippen molar-refractivity contribution in [1.29, 1.82) is 0 Å². The fourth-order valence-electron chi connectivity index (χ4n) is 5.33. The van der Waals surface area contributed by atoms with Gasteiger partial charge in [0.25, 0.3) is 0 Å². The molecule has 3 aromatic rings. The van der Waals surface area contributed by atoms with Gasteiger partial charge in [-0.1, -0.05) is 24.3 Å². The Morgan fingerprint density at radius 1 is 0.953 bits per heavy atom. The van der Waals surface area contributed by atoms with Crippen molar-refractivity contribution in [3.05, 3.63) is 95.1 Å². The molecule has 0 radical (unpaired) electrons. The van der Waals surface area contributed by atoms with E-state index < -0.39 is 41.2 Å². The first-order valence-corrected chi connectivity index (χ1v) is 13.2. The number of hydrogen-bond acceptors (Lipinski definition) is 5. The number of alkyl halides is 3. The highest BCUT2D eigenvalue weighted by atomic mass is 35.5. The van der Waals surface area contributed by atoms with E-state index in [4.69, 9.17) is 9.47 Å². The molecule has 1 saturated carbocycles. The van der Waals surface area contributed by atoms with Gasteiger partial charge in [0.05, 0.1) is 5.56 Å². The summed E-state index contributed by atoms with van der Waals surface area (Å²) >= 11 is 0. The summed E-state index contributed by atoms with van der Waals surface area (Å²) in [6.07, 6.45) is -5.77. The summed E-state index contributed by atoms with van der Waals surface area (Å²) in [4.78, 5) is 13.9. The number of piperidine rings is 1. The zero-order valence-corrected chi connectivity index (χ0v) is 24.4. The van der Waals surface area contributed by atoms with Crippen LogP contribution in [0.3, 0.4) is 0 Å². The van der Waals surface area contributed by atoms with Crippen LogP contribution < -0.4 is 14.8 Å². The summed E-state index contributed by atoms with van der Waals surface area (Å²) in [5, 5.41) is 13.0. The third-order valence-electron chi connectivity index (χ3n) is 7.49. The van der Waals surface area contributed by atoms with Gasteiger partial charge in [-0.25, -0.2) is 13.6 Å². The van der Waals surface area contributed by atoms with Crippen molar-refractivity contribution in [2.75, 3.05) is 26.2 Å². The molecule has 2 fully saturated rings. The maximum atomic E-state index is 13.9. The highest BCUT2D eigenvalue weighted by Crippen LogP contribution is 2.45. The Balaban J connectivity index is 0.00000253. The SMILES string of the molecule is Cl.Cl.O=C(O)[C@H](Cc1ccc(OCCNC2[C@H]3CN(Cc4ccc(C(F)(F)F)cc4)C[C@@H]23)cc1)Oc1cc(F)ccc1F. The lowest BCUT2D eigenvalue weighted by Crippen LogP contribution is -2.33. The van der Waals surface area contributed by atoms with Gasteiger partial charge in [-0.3, -0.25) is 4.90 Å². The van der Waals surface area contributed by atoms with Crippen LogP contribution in [-0.2, 0) is 23.9 Å². The van der Waals surface area contributed by atoms with E-state index >= 15 is 0 Å². The molecule has 0 aromatic heterocycles. The first-order valence-electron chi connectivity index (χ1n) is 13.2. The van der Waals surface area contributed by atoms with E-state index in [1.165, 1.54) is 0 Å². The summed E-state index contributed by atoms with van der Waals surface area (Å²) in [7, 11) is 0. The van der Waals surface area contributed by atoms with Gasteiger partial charge in [0.2, 0.25) is 0 Å². The molecule has 5 rings (SSSR count). The Bertz CT molecular complexity index is 1350. The molecule has 1 aliphatic heterocycles. The van der Waals surface area contributed by atoms with Crippen molar-refractivity contribution in [3.8, 4) is 11.5 Å². The van der Waals surface area contributed by atoms with Crippen LogP contribution in [0, 0.1) is 23.5 Å². The maximum Gasteiger partial charge on any atom is 0.416 e. The van der Waals surface area contributed by atoms with Gasteiger partial charge in [-0.2, -0.15) is 13.2 Å². The fourth-order valence-corrected chi connectivity index (χ4v) is 5.33. The van der Waals surface area contributed by atoms with Crippen LogP contribution in [0.1, 0.15) is 16.7 Å². The van der Waals surface area contributed by atoms with Crippen molar-refractivity contribution in [2.24, 2.45) is 11.8 Å². The number of fused-ring (bicyclic) bond motifs is 1. The van der Waals surface area contributed by atoms with Crippen molar-refractivity contribution >= 4 is 30.8 Å². The highest BCUT2D eigenvalue weighted by molar-refractivity contribution is 5.85. The van der Waals surface area contributed by atoms with E-state index in [0.29, 0.717) is 48.9 Å². The molecule has 43 heavy (non-hydrogen) atoms. The van der Waals surface area contributed by atoms with Crippen LogP contribution in [0.2, 0.25) is 0 Å². The molecule has 2 N–H and O–H groups in total. The number of carboxylic acids is 1. The van der Waals surface area contributed by atoms with Crippen LogP contribution in [0.5, 0.6) is 11.5 Å². The number of benzene rings is 3. The molecule has 1 heterocycles. The van der Waals surface area contributed by atoms with Gasteiger partial charge >= 0.3 is 12.1 Å². The minimum absolute atomic E-state index is 0. The van der Waals surface area contributed by atoms with Gasteiger partial charge in [0.15, 0.2) is 17.7 Å². The molecular formula is C30H31Cl2F5N2O4. The molecule has 1 unspecified atom stereocenters. The second kappa shape index (κ2) is 14.6. The van der Waals surface area contributed by atoms with Crippen molar-refractivity contribution in [2.45, 2.75) is 31.3 Å². The number of rotatable bonds is 12. The van der Waals surface area contributed by atoms with Crippen molar-refractivity contribution in [3.63, 3.8) is 0 Å². The lowest BCUT2D eigenvalue weighted by atomic mass is 10.1.